The molecule has 4 aromatic heterocycles. The largest absolute Gasteiger partial charge is 0.481 e. The highest BCUT2D eigenvalue weighted by atomic mass is 16.5. The summed E-state index contributed by atoms with van der Waals surface area (Å²) < 4.78 is 9.06. The predicted octanol–water partition coefficient (Wildman–Crippen LogP) is 3.66. The molecule has 0 amide bonds. The van der Waals surface area contributed by atoms with Crippen LogP contribution in [0.3, 0.4) is 0 Å². The summed E-state index contributed by atoms with van der Waals surface area (Å²) in [4.78, 5) is 13.1. The molecule has 0 spiro atoms. The van der Waals surface area contributed by atoms with E-state index in [0.29, 0.717) is 11.7 Å². The van der Waals surface area contributed by atoms with E-state index in [1.165, 1.54) is 6.33 Å². The minimum atomic E-state index is -0.0794. The summed E-state index contributed by atoms with van der Waals surface area (Å²) in [5, 5.41) is 9.58. The maximum Gasteiger partial charge on any atom is 0.212 e. The van der Waals surface area contributed by atoms with Gasteiger partial charge in [-0.1, -0.05) is 30.3 Å². The van der Waals surface area contributed by atoms with Gasteiger partial charge in [0.15, 0.2) is 0 Å². The van der Waals surface area contributed by atoms with Crippen molar-refractivity contribution in [3.8, 4) is 22.7 Å². The highest BCUT2D eigenvalue weighted by molar-refractivity contribution is 6.00. The number of fused-ring (bicyclic) bond motifs is 1. The van der Waals surface area contributed by atoms with Gasteiger partial charge in [-0.15, -0.1) is 5.10 Å². The van der Waals surface area contributed by atoms with Gasteiger partial charge >= 0.3 is 0 Å². The van der Waals surface area contributed by atoms with E-state index in [0.717, 1.165) is 40.0 Å². The minimum absolute atomic E-state index is 0.0794. The number of anilines is 1. The van der Waals surface area contributed by atoms with Gasteiger partial charge in [0.25, 0.3) is 0 Å². The van der Waals surface area contributed by atoms with Gasteiger partial charge in [0.1, 0.15) is 23.5 Å². The SMILES string of the molecule is CCC(c1cn(-c2ccccc2)nn1)n1cc(-c2ccc(OC)nc2)c2c(N)ncnc21. The first-order valence-electron chi connectivity index (χ1n) is 10.3. The van der Waals surface area contributed by atoms with Crippen LogP contribution in [0.5, 0.6) is 5.88 Å². The number of hydrogen-bond donors (Lipinski definition) is 1. The van der Waals surface area contributed by atoms with Crippen LogP contribution in [0.4, 0.5) is 5.82 Å². The molecule has 9 heteroatoms. The molecular formula is C23H22N8O. The summed E-state index contributed by atoms with van der Waals surface area (Å²) in [7, 11) is 1.59. The van der Waals surface area contributed by atoms with E-state index in [4.69, 9.17) is 10.5 Å². The van der Waals surface area contributed by atoms with Crippen LogP contribution >= 0.6 is 0 Å². The lowest BCUT2D eigenvalue weighted by atomic mass is 10.1. The molecule has 160 valence electrons. The standard InChI is InChI=1S/C23H22N8O/c1-3-19(18-13-31(29-28-18)16-7-5-4-6-8-16)30-12-17(15-9-10-20(32-2)25-11-15)21-22(24)26-14-27-23(21)30/h4-14,19H,3H2,1-2H3,(H2,24,26,27). The van der Waals surface area contributed by atoms with Crippen molar-refractivity contribution < 1.29 is 4.74 Å². The number of nitrogens with zero attached hydrogens (tertiary/aromatic N) is 7. The molecule has 0 saturated carbocycles. The number of para-hydroxylation sites is 1. The average molecular weight is 426 g/mol. The fourth-order valence-corrected chi connectivity index (χ4v) is 3.91. The zero-order chi connectivity index (χ0) is 22.1. The van der Waals surface area contributed by atoms with Crippen molar-refractivity contribution in [2.24, 2.45) is 0 Å². The molecule has 9 nitrogen and oxygen atoms in total. The van der Waals surface area contributed by atoms with Crippen LogP contribution in [0.25, 0.3) is 27.8 Å². The second-order valence-electron chi connectivity index (χ2n) is 7.34. The fraction of sp³-hybridized carbons (Fsp3) is 0.174. The Bertz CT molecular complexity index is 1360. The number of rotatable bonds is 6. The van der Waals surface area contributed by atoms with Gasteiger partial charge in [-0.05, 0) is 24.6 Å². The molecule has 1 aromatic carbocycles. The Kier molecular flexibility index (Phi) is 4.98. The molecule has 2 N–H and O–H groups in total. The normalized spacial score (nSPS) is 12.2. The first kappa shape index (κ1) is 19.7. The Hall–Kier alpha value is -4.27. The average Bonchev–Trinajstić information content (AvgIpc) is 3.47. The summed E-state index contributed by atoms with van der Waals surface area (Å²) in [6.07, 6.45) is 8.03. The van der Waals surface area contributed by atoms with E-state index in [-0.39, 0.29) is 6.04 Å². The van der Waals surface area contributed by atoms with E-state index in [2.05, 4.69) is 36.8 Å². The number of methoxy groups -OCH3 is 1. The molecular weight excluding hydrogens is 404 g/mol. The summed E-state index contributed by atoms with van der Waals surface area (Å²) in [5.74, 6) is 0.966. The van der Waals surface area contributed by atoms with E-state index in [1.54, 1.807) is 18.0 Å². The zero-order valence-electron chi connectivity index (χ0n) is 17.8. The molecule has 0 aliphatic heterocycles. The van der Waals surface area contributed by atoms with Crippen LogP contribution in [0.2, 0.25) is 0 Å². The Morgan fingerprint density at radius 3 is 2.59 bits per heavy atom. The summed E-state index contributed by atoms with van der Waals surface area (Å²) in [6, 6.07) is 13.6. The summed E-state index contributed by atoms with van der Waals surface area (Å²) in [5.41, 5.74) is 10.6. The predicted molar refractivity (Wildman–Crippen MR) is 122 cm³/mol. The Labute approximate surface area is 184 Å². The monoisotopic (exact) mass is 426 g/mol. The molecule has 4 heterocycles. The zero-order valence-corrected chi connectivity index (χ0v) is 17.8. The molecule has 0 fully saturated rings. The Balaban J connectivity index is 1.63. The molecule has 0 aliphatic rings. The van der Waals surface area contributed by atoms with Crippen LogP contribution < -0.4 is 10.5 Å². The number of nitrogen functional groups attached to an aromatic ring is 1. The fourth-order valence-electron chi connectivity index (χ4n) is 3.91. The first-order valence-corrected chi connectivity index (χ1v) is 10.3. The third-order valence-corrected chi connectivity index (χ3v) is 5.49. The van der Waals surface area contributed by atoms with Crippen molar-refractivity contribution in [1.82, 2.24) is 34.5 Å². The van der Waals surface area contributed by atoms with Crippen LogP contribution in [0, 0.1) is 0 Å². The highest BCUT2D eigenvalue weighted by Gasteiger charge is 2.23. The molecule has 0 bridgehead atoms. The number of ether oxygens (including phenoxy) is 1. The summed E-state index contributed by atoms with van der Waals surface area (Å²) in [6.45, 7) is 2.11. The summed E-state index contributed by atoms with van der Waals surface area (Å²) >= 11 is 0. The molecule has 1 atom stereocenters. The van der Waals surface area contributed by atoms with Crippen molar-refractivity contribution in [1.29, 1.82) is 0 Å². The number of nitrogens with two attached hydrogens (primary N) is 1. The van der Waals surface area contributed by atoms with E-state index < -0.39 is 0 Å². The van der Waals surface area contributed by atoms with E-state index >= 15 is 0 Å². The number of benzene rings is 1. The van der Waals surface area contributed by atoms with Crippen LogP contribution in [0.15, 0.2) is 67.4 Å². The third kappa shape index (κ3) is 3.33. The van der Waals surface area contributed by atoms with Gasteiger partial charge in [0.05, 0.1) is 30.4 Å². The van der Waals surface area contributed by atoms with Crippen LogP contribution in [0.1, 0.15) is 25.1 Å². The second-order valence-corrected chi connectivity index (χ2v) is 7.34. The lowest BCUT2D eigenvalue weighted by Crippen LogP contribution is -2.10. The molecule has 0 aliphatic carbocycles. The maximum absolute atomic E-state index is 6.28. The molecule has 1 unspecified atom stereocenters. The minimum Gasteiger partial charge on any atom is -0.481 e. The quantitative estimate of drug-likeness (QED) is 0.441. The van der Waals surface area contributed by atoms with Crippen molar-refractivity contribution in [3.63, 3.8) is 0 Å². The van der Waals surface area contributed by atoms with Gasteiger partial charge < -0.3 is 15.0 Å². The topological polar surface area (TPSA) is 110 Å². The van der Waals surface area contributed by atoms with Crippen LogP contribution in [-0.2, 0) is 0 Å². The van der Waals surface area contributed by atoms with E-state index in [1.807, 2.05) is 54.9 Å². The van der Waals surface area contributed by atoms with Crippen molar-refractivity contribution >= 4 is 16.9 Å². The van der Waals surface area contributed by atoms with Crippen molar-refractivity contribution in [3.05, 3.63) is 73.1 Å². The third-order valence-electron chi connectivity index (χ3n) is 5.49. The van der Waals surface area contributed by atoms with Gasteiger partial charge in [0.2, 0.25) is 5.88 Å². The molecule has 32 heavy (non-hydrogen) atoms. The number of hydrogen-bond acceptors (Lipinski definition) is 7. The van der Waals surface area contributed by atoms with Gasteiger partial charge in [-0.2, -0.15) is 0 Å². The molecule has 5 aromatic rings. The first-order chi connectivity index (χ1) is 15.7. The van der Waals surface area contributed by atoms with Gasteiger partial charge in [-0.3, -0.25) is 0 Å². The highest BCUT2D eigenvalue weighted by Crippen LogP contribution is 2.36. The lowest BCUT2D eigenvalue weighted by molar-refractivity contribution is 0.398. The van der Waals surface area contributed by atoms with Crippen molar-refractivity contribution in [2.75, 3.05) is 12.8 Å². The Morgan fingerprint density at radius 2 is 1.88 bits per heavy atom. The van der Waals surface area contributed by atoms with Gasteiger partial charge in [0, 0.05) is 29.6 Å². The second kappa shape index (κ2) is 8.10. The number of aromatic nitrogens is 7. The Morgan fingerprint density at radius 1 is 1.03 bits per heavy atom. The number of pyridine rings is 1. The molecule has 0 radical (unpaired) electrons. The van der Waals surface area contributed by atoms with E-state index in [9.17, 15) is 0 Å². The van der Waals surface area contributed by atoms with Crippen LogP contribution in [-0.4, -0.2) is 41.6 Å². The van der Waals surface area contributed by atoms with Crippen molar-refractivity contribution in [2.45, 2.75) is 19.4 Å². The van der Waals surface area contributed by atoms with Gasteiger partial charge in [-0.25, -0.2) is 19.6 Å². The molecule has 0 saturated heterocycles. The maximum atomic E-state index is 6.28. The smallest absolute Gasteiger partial charge is 0.212 e. The lowest BCUT2D eigenvalue weighted by Gasteiger charge is -2.15. The molecule has 5 rings (SSSR count).